The molecule has 1 heterocycles. The molecule has 0 spiro atoms. The standard InChI is InChI=1S/C18H26ClFN2O3/c1-18(2,3)25-17(23)21-13-7-9-22(12-13)8-4-10-24-14-5-6-15(19)16(20)11-14/h5-6,11,13H,4,7-10,12H2,1-3H3,(H,21,23). The van der Waals surface area contributed by atoms with Gasteiger partial charge in [-0.15, -0.1) is 0 Å². The molecule has 0 aliphatic carbocycles. The van der Waals surface area contributed by atoms with Gasteiger partial charge in [0.1, 0.15) is 17.2 Å². The third-order valence-corrected chi connectivity index (χ3v) is 4.08. The molecule has 2 rings (SSSR count). The second-order valence-corrected chi connectivity index (χ2v) is 7.62. The second-order valence-electron chi connectivity index (χ2n) is 7.21. The Bertz CT molecular complexity index is 592. The number of carbonyl (C=O) groups excluding carboxylic acids is 1. The van der Waals surface area contributed by atoms with Crippen LogP contribution in [0.15, 0.2) is 18.2 Å². The monoisotopic (exact) mass is 372 g/mol. The van der Waals surface area contributed by atoms with Crippen LogP contribution >= 0.6 is 11.6 Å². The summed E-state index contributed by atoms with van der Waals surface area (Å²) in [7, 11) is 0. The fourth-order valence-corrected chi connectivity index (χ4v) is 2.79. The molecule has 1 aromatic rings. The number of hydrogen-bond acceptors (Lipinski definition) is 4. The van der Waals surface area contributed by atoms with Gasteiger partial charge in [0.25, 0.3) is 0 Å². The molecule has 1 fully saturated rings. The molecule has 0 aromatic heterocycles. The van der Waals surface area contributed by atoms with E-state index in [0.29, 0.717) is 12.4 Å². The molecule has 0 radical (unpaired) electrons. The van der Waals surface area contributed by atoms with Crippen LogP contribution in [-0.4, -0.2) is 48.9 Å². The normalized spacial score (nSPS) is 18.2. The fourth-order valence-electron chi connectivity index (χ4n) is 2.67. The lowest BCUT2D eigenvalue weighted by atomic mass is 10.2. The molecule has 0 bridgehead atoms. The Hall–Kier alpha value is -1.53. The van der Waals surface area contributed by atoms with Crippen molar-refractivity contribution in [3.63, 3.8) is 0 Å². The van der Waals surface area contributed by atoms with Crippen molar-refractivity contribution in [2.75, 3.05) is 26.2 Å². The van der Waals surface area contributed by atoms with Crippen molar-refractivity contribution in [3.8, 4) is 5.75 Å². The average Bonchev–Trinajstić information content (AvgIpc) is 2.92. The molecule has 25 heavy (non-hydrogen) atoms. The summed E-state index contributed by atoms with van der Waals surface area (Å²) in [6, 6.07) is 4.54. The Morgan fingerprint density at radius 2 is 2.20 bits per heavy atom. The van der Waals surface area contributed by atoms with Crippen molar-refractivity contribution < 1.29 is 18.7 Å². The lowest BCUT2D eigenvalue weighted by Gasteiger charge is -2.22. The predicted octanol–water partition coefficient (Wildman–Crippen LogP) is 3.85. The molecule has 140 valence electrons. The zero-order valence-electron chi connectivity index (χ0n) is 15.0. The van der Waals surface area contributed by atoms with E-state index >= 15 is 0 Å². The van der Waals surface area contributed by atoms with Crippen molar-refractivity contribution in [1.29, 1.82) is 0 Å². The zero-order valence-corrected chi connectivity index (χ0v) is 15.7. The highest BCUT2D eigenvalue weighted by Gasteiger charge is 2.25. The molecule has 1 amide bonds. The average molecular weight is 373 g/mol. The van der Waals surface area contributed by atoms with Gasteiger partial charge in [0.05, 0.1) is 11.6 Å². The van der Waals surface area contributed by atoms with Gasteiger partial charge in [-0.25, -0.2) is 9.18 Å². The van der Waals surface area contributed by atoms with Gasteiger partial charge in [-0.1, -0.05) is 11.6 Å². The van der Waals surface area contributed by atoms with Crippen molar-refractivity contribution in [3.05, 3.63) is 29.0 Å². The van der Waals surface area contributed by atoms with Gasteiger partial charge in [-0.05, 0) is 45.7 Å². The number of benzene rings is 1. The van der Waals surface area contributed by atoms with Gasteiger partial charge in [-0.2, -0.15) is 0 Å². The molecule has 1 saturated heterocycles. The Morgan fingerprint density at radius 1 is 1.44 bits per heavy atom. The number of carbonyl (C=O) groups is 1. The third kappa shape index (κ3) is 7.08. The highest BCUT2D eigenvalue weighted by atomic mass is 35.5. The lowest BCUT2D eigenvalue weighted by Crippen LogP contribution is -2.40. The highest BCUT2D eigenvalue weighted by Crippen LogP contribution is 2.20. The maximum atomic E-state index is 13.3. The zero-order chi connectivity index (χ0) is 18.4. The minimum absolute atomic E-state index is 0.0907. The van der Waals surface area contributed by atoms with E-state index in [4.69, 9.17) is 21.1 Å². The summed E-state index contributed by atoms with van der Waals surface area (Å²) in [5.74, 6) is 0.00237. The Balaban J connectivity index is 1.63. The van der Waals surface area contributed by atoms with E-state index < -0.39 is 11.4 Å². The van der Waals surface area contributed by atoms with Crippen molar-refractivity contribution in [2.45, 2.75) is 45.3 Å². The first-order valence-electron chi connectivity index (χ1n) is 8.53. The third-order valence-electron chi connectivity index (χ3n) is 3.77. The number of nitrogens with one attached hydrogen (secondary N) is 1. The topological polar surface area (TPSA) is 50.8 Å². The van der Waals surface area contributed by atoms with Crippen LogP contribution in [-0.2, 0) is 4.74 Å². The van der Waals surface area contributed by atoms with Crippen LogP contribution in [0.2, 0.25) is 5.02 Å². The van der Waals surface area contributed by atoms with E-state index in [-0.39, 0.29) is 17.2 Å². The number of alkyl carbamates (subject to hydrolysis) is 1. The van der Waals surface area contributed by atoms with E-state index in [2.05, 4.69) is 10.2 Å². The fraction of sp³-hybridized carbons (Fsp3) is 0.611. The van der Waals surface area contributed by atoms with Crippen LogP contribution in [0.3, 0.4) is 0 Å². The summed E-state index contributed by atoms with van der Waals surface area (Å²) in [5, 5.41) is 3.00. The van der Waals surface area contributed by atoms with Gasteiger partial charge in [0, 0.05) is 31.7 Å². The van der Waals surface area contributed by atoms with Gasteiger partial charge in [0.15, 0.2) is 0 Å². The first kappa shape index (κ1) is 19.8. The van der Waals surface area contributed by atoms with Crippen LogP contribution < -0.4 is 10.1 Å². The van der Waals surface area contributed by atoms with E-state index in [1.165, 1.54) is 12.1 Å². The number of nitrogens with zero attached hydrogens (tertiary/aromatic N) is 1. The van der Waals surface area contributed by atoms with Gasteiger partial charge in [-0.3, -0.25) is 0 Å². The first-order chi connectivity index (χ1) is 11.7. The number of rotatable bonds is 6. The summed E-state index contributed by atoms with van der Waals surface area (Å²) >= 11 is 5.64. The van der Waals surface area contributed by atoms with Gasteiger partial charge < -0.3 is 19.7 Å². The molecule has 5 nitrogen and oxygen atoms in total. The van der Waals surface area contributed by atoms with Crippen molar-refractivity contribution in [1.82, 2.24) is 10.2 Å². The second kappa shape index (κ2) is 8.72. The van der Waals surface area contributed by atoms with E-state index in [1.807, 2.05) is 20.8 Å². The van der Waals surface area contributed by atoms with E-state index in [0.717, 1.165) is 32.5 Å². The number of halogens is 2. The summed E-state index contributed by atoms with van der Waals surface area (Å²) in [6.07, 6.45) is 1.36. The molecule has 1 aliphatic rings. The van der Waals surface area contributed by atoms with Gasteiger partial charge >= 0.3 is 6.09 Å². The molecule has 1 unspecified atom stereocenters. The summed E-state index contributed by atoms with van der Waals surface area (Å²) in [4.78, 5) is 14.0. The summed E-state index contributed by atoms with van der Waals surface area (Å²) in [6.45, 7) is 8.63. The summed E-state index contributed by atoms with van der Waals surface area (Å²) in [5.41, 5.74) is -0.485. The molecule has 1 aliphatic heterocycles. The number of amides is 1. The molecular formula is C18H26ClFN2O3. The number of ether oxygens (including phenoxy) is 2. The Labute approximate surface area is 153 Å². The molecule has 7 heteroatoms. The Morgan fingerprint density at radius 3 is 2.88 bits per heavy atom. The van der Waals surface area contributed by atoms with Crippen LogP contribution in [0, 0.1) is 5.82 Å². The van der Waals surface area contributed by atoms with Crippen LogP contribution in [0.4, 0.5) is 9.18 Å². The van der Waals surface area contributed by atoms with Crippen LogP contribution in [0.1, 0.15) is 33.6 Å². The molecule has 1 N–H and O–H groups in total. The smallest absolute Gasteiger partial charge is 0.407 e. The van der Waals surface area contributed by atoms with Gasteiger partial charge in [0.2, 0.25) is 0 Å². The molecular weight excluding hydrogens is 347 g/mol. The Kier molecular flexibility index (Phi) is 6.90. The van der Waals surface area contributed by atoms with Crippen LogP contribution in [0.5, 0.6) is 5.75 Å². The maximum absolute atomic E-state index is 13.3. The number of likely N-dealkylation sites (tertiary alicyclic amines) is 1. The number of hydrogen-bond donors (Lipinski definition) is 1. The molecule has 1 atom stereocenters. The highest BCUT2D eigenvalue weighted by molar-refractivity contribution is 6.30. The van der Waals surface area contributed by atoms with Crippen molar-refractivity contribution in [2.24, 2.45) is 0 Å². The van der Waals surface area contributed by atoms with Crippen molar-refractivity contribution >= 4 is 17.7 Å². The minimum Gasteiger partial charge on any atom is -0.493 e. The minimum atomic E-state index is -0.485. The predicted molar refractivity (Wildman–Crippen MR) is 95.7 cm³/mol. The largest absolute Gasteiger partial charge is 0.493 e. The lowest BCUT2D eigenvalue weighted by molar-refractivity contribution is 0.0505. The quantitative estimate of drug-likeness (QED) is 0.771. The molecule has 1 aromatic carbocycles. The van der Waals surface area contributed by atoms with E-state index in [1.54, 1.807) is 6.07 Å². The SMILES string of the molecule is CC(C)(C)OC(=O)NC1CCN(CCCOc2ccc(Cl)c(F)c2)C1. The first-order valence-corrected chi connectivity index (χ1v) is 8.90. The molecule has 0 saturated carbocycles. The van der Waals surface area contributed by atoms with E-state index in [9.17, 15) is 9.18 Å². The van der Waals surface area contributed by atoms with Crippen LogP contribution in [0.25, 0.3) is 0 Å². The summed E-state index contributed by atoms with van der Waals surface area (Å²) < 4.78 is 24.1. The maximum Gasteiger partial charge on any atom is 0.407 e.